The minimum absolute atomic E-state index is 0.608. The molecule has 7 rings (SSSR count). The Balaban J connectivity index is 0.948. The Hall–Kier alpha value is -2.40. The summed E-state index contributed by atoms with van der Waals surface area (Å²) < 4.78 is 1.13. The summed E-state index contributed by atoms with van der Waals surface area (Å²) in [7, 11) is 9.37. The van der Waals surface area contributed by atoms with Gasteiger partial charge in [0.1, 0.15) is 6.04 Å². The van der Waals surface area contributed by atoms with E-state index in [-0.39, 0.29) is 0 Å². The second kappa shape index (κ2) is 15.7. The van der Waals surface area contributed by atoms with Gasteiger partial charge in [0.05, 0.1) is 49.4 Å². The monoisotopic (exact) mass is 747 g/mol. The van der Waals surface area contributed by atoms with E-state index in [9.17, 15) is 0 Å². The van der Waals surface area contributed by atoms with E-state index >= 15 is 0 Å². The van der Waals surface area contributed by atoms with Gasteiger partial charge in [0.25, 0.3) is 0 Å². The van der Waals surface area contributed by atoms with Gasteiger partial charge in [-0.1, -0.05) is 71.0 Å². The first-order chi connectivity index (χ1) is 24.2. The van der Waals surface area contributed by atoms with Crippen LogP contribution in [0.15, 0.2) is 105 Å². The molecule has 0 amide bonds. The number of anilines is 4. The molecule has 0 N–H and O–H groups in total. The molecule has 1 saturated heterocycles. The molecule has 0 radical (unpaired) electrons. The van der Waals surface area contributed by atoms with Crippen LogP contribution < -0.4 is 9.80 Å². The van der Waals surface area contributed by atoms with E-state index in [0.29, 0.717) is 6.04 Å². The number of para-hydroxylation sites is 2. The van der Waals surface area contributed by atoms with Crippen molar-refractivity contribution in [2.75, 3.05) is 103 Å². The Morgan fingerprint density at radius 3 is 1.74 bits per heavy atom. The summed E-state index contributed by atoms with van der Waals surface area (Å²) in [5.41, 5.74) is 4.99. The molecule has 4 aromatic carbocycles. The van der Waals surface area contributed by atoms with Gasteiger partial charge in [0, 0.05) is 81.9 Å². The van der Waals surface area contributed by atoms with Gasteiger partial charge in [-0.05, 0) is 81.8 Å². The highest BCUT2D eigenvalue weighted by molar-refractivity contribution is 8.00. The topological polar surface area (TPSA) is 16.2 Å². The van der Waals surface area contributed by atoms with Crippen molar-refractivity contribution in [2.45, 2.75) is 32.0 Å². The van der Waals surface area contributed by atoms with E-state index in [2.05, 4.69) is 125 Å². The predicted octanol–water partition coefficient (Wildman–Crippen LogP) is 8.91. The van der Waals surface area contributed by atoms with Crippen LogP contribution >= 0.6 is 46.7 Å². The van der Waals surface area contributed by atoms with Crippen molar-refractivity contribution in [1.29, 1.82) is 0 Å². The molecule has 0 aliphatic carbocycles. The molecule has 3 aliphatic rings. The summed E-state index contributed by atoms with van der Waals surface area (Å²) in [6, 6.07) is 30.7. The molecule has 2 atom stereocenters. The fourth-order valence-electron chi connectivity index (χ4n) is 7.55. The Labute approximate surface area is 317 Å². The number of hydrogen-bond acceptors (Lipinski definition) is 7. The minimum Gasteiger partial charge on any atom is -0.338 e. The number of piperazine rings is 1. The zero-order valence-corrected chi connectivity index (χ0v) is 32.8. The van der Waals surface area contributed by atoms with Crippen LogP contribution in [0.3, 0.4) is 0 Å². The summed E-state index contributed by atoms with van der Waals surface area (Å²) in [5.74, 6) is 0. The molecule has 50 heavy (non-hydrogen) atoms. The summed E-state index contributed by atoms with van der Waals surface area (Å²) in [6.45, 7) is 10.7. The third-order valence-electron chi connectivity index (χ3n) is 10.8. The number of fused-ring (bicyclic) bond motifs is 4. The third-order valence-corrected chi connectivity index (χ3v) is 13.5. The molecule has 10 heteroatoms. The molecule has 4 aromatic rings. The fourth-order valence-corrected chi connectivity index (χ4v) is 10.0. The molecule has 0 bridgehead atoms. The van der Waals surface area contributed by atoms with Crippen molar-refractivity contribution >= 4 is 69.5 Å². The quantitative estimate of drug-likeness (QED) is 0.133. The number of hydrogen-bond donors (Lipinski definition) is 0. The van der Waals surface area contributed by atoms with Gasteiger partial charge in [-0.15, -0.1) is 0 Å². The van der Waals surface area contributed by atoms with Gasteiger partial charge in [-0.2, -0.15) is 0 Å². The number of rotatable bonds is 12. The number of quaternary nitrogens is 1. The van der Waals surface area contributed by atoms with E-state index in [4.69, 9.17) is 23.2 Å². The maximum atomic E-state index is 6.48. The first kappa shape index (κ1) is 36.0. The average Bonchev–Trinajstić information content (AvgIpc) is 3.11. The van der Waals surface area contributed by atoms with Gasteiger partial charge in [-0.3, -0.25) is 9.80 Å². The van der Waals surface area contributed by atoms with Crippen LogP contribution in [0, 0.1) is 0 Å². The van der Waals surface area contributed by atoms with E-state index in [1.165, 1.54) is 55.3 Å². The Morgan fingerprint density at radius 2 is 1.18 bits per heavy atom. The van der Waals surface area contributed by atoms with Gasteiger partial charge in [-0.25, -0.2) is 0 Å². The van der Waals surface area contributed by atoms with Crippen LogP contribution in [0.25, 0.3) is 0 Å². The fraction of sp³-hybridized carbons (Fsp3) is 0.400. The van der Waals surface area contributed by atoms with Crippen LogP contribution in [0.5, 0.6) is 0 Å². The van der Waals surface area contributed by atoms with Crippen LogP contribution in [0.2, 0.25) is 10.0 Å². The third kappa shape index (κ3) is 7.98. The lowest BCUT2D eigenvalue weighted by atomic mass is 10.0. The summed E-state index contributed by atoms with van der Waals surface area (Å²) in [4.78, 5) is 17.7. The van der Waals surface area contributed by atoms with Gasteiger partial charge >= 0.3 is 0 Å². The first-order valence-electron chi connectivity index (χ1n) is 17.7. The lowest BCUT2D eigenvalue weighted by Gasteiger charge is -2.48. The molecule has 0 aromatic heterocycles. The zero-order valence-electron chi connectivity index (χ0n) is 29.7. The average molecular weight is 749 g/mol. The standard InChI is InChI=1S/C40H49Cl2N6S2/c1-43(19-21-46-33-9-5-7-11-37(33)49-39-15-13-30(41)27-35(39)46)18-17-32-29-45(3)24-26-48(32,4)25-23-44(2)20-22-47-34-10-6-8-12-38(34)50-40-16-14-31(42)28-36(40)47/h5-16,27-28,32H,17-26,29H2,1-4H3/q+1. The van der Waals surface area contributed by atoms with Crippen LogP contribution in [-0.4, -0.2) is 119 Å². The van der Waals surface area contributed by atoms with E-state index < -0.39 is 0 Å². The maximum Gasteiger partial charge on any atom is 0.103 e. The van der Waals surface area contributed by atoms with E-state index in [1.807, 2.05) is 35.7 Å². The molecule has 1 fully saturated rings. The zero-order chi connectivity index (χ0) is 34.8. The molecule has 2 unspecified atom stereocenters. The molecule has 264 valence electrons. The number of likely N-dealkylation sites (N-methyl/N-ethyl adjacent to an activating group) is 4. The van der Waals surface area contributed by atoms with Crippen molar-refractivity contribution < 1.29 is 4.48 Å². The SMILES string of the molecule is CN(CCC1CN(C)CC[N+]1(C)CCN(C)CCN1c2ccccc2Sc2ccc(Cl)cc21)CCN1c2ccccc2Sc2ccc(Cl)cc21. The van der Waals surface area contributed by atoms with Crippen molar-refractivity contribution in [3.05, 3.63) is 95.0 Å². The molecular formula is C40H49Cl2N6S2+. The predicted molar refractivity (Wildman–Crippen MR) is 215 cm³/mol. The number of nitrogens with zero attached hydrogens (tertiary/aromatic N) is 6. The van der Waals surface area contributed by atoms with Crippen LogP contribution in [-0.2, 0) is 0 Å². The Morgan fingerprint density at radius 1 is 0.680 bits per heavy atom. The van der Waals surface area contributed by atoms with E-state index in [0.717, 1.165) is 73.4 Å². The highest BCUT2D eigenvalue weighted by Crippen LogP contribution is 2.49. The largest absolute Gasteiger partial charge is 0.338 e. The second-order valence-corrected chi connectivity index (χ2v) is 17.4. The normalized spacial score (nSPS) is 20.1. The lowest BCUT2D eigenvalue weighted by Crippen LogP contribution is -2.64. The first-order valence-corrected chi connectivity index (χ1v) is 20.1. The van der Waals surface area contributed by atoms with Crippen molar-refractivity contribution in [3.63, 3.8) is 0 Å². The lowest BCUT2D eigenvalue weighted by molar-refractivity contribution is -0.937. The molecule has 0 saturated carbocycles. The Kier molecular flexibility index (Phi) is 11.3. The van der Waals surface area contributed by atoms with Gasteiger partial charge in [0.2, 0.25) is 0 Å². The molecule has 6 nitrogen and oxygen atoms in total. The number of benzene rings is 4. The molecule has 0 spiro atoms. The van der Waals surface area contributed by atoms with Crippen molar-refractivity contribution in [3.8, 4) is 0 Å². The van der Waals surface area contributed by atoms with Gasteiger partial charge < -0.3 is 19.2 Å². The highest BCUT2D eigenvalue weighted by atomic mass is 35.5. The summed E-state index contributed by atoms with van der Waals surface area (Å²) in [6.07, 6.45) is 1.19. The van der Waals surface area contributed by atoms with Crippen molar-refractivity contribution in [2.24, 2.45) is 0 Å². The number of halogens is 2. The maximum absolute atomic E-state index is 6.48. The van der Waals surface area contributed by atoms with E-state index in [1.54, 1.807) is 0 Å². The molecular weight excluding hydrogens is 700 g/mol. The second-order valence-electron chi connectivity index (χ2n) is 14.4. The molecule has 3 heterocycles. The molecule has 3 aliphatic heterocycles. The Bertz CT molecular complexity index is 1810. The minimum atomic E-state index is 0.608. The summed E-state index contributed by atoms with van der Waals surface area (Å²) >= 11 is 16.6. The smallest absolute Gasteiger partial charge is 0.103 e. The summed E-state index contributed by atoms with van der Waals surface area (Å²) in [5, 5.41) is 1.58. The van der Waals surface area contributed by atoms with Gasteiger partial charge in [0.15, 0.2) is 0 Å². The van der Waals surface area contributed by atoms with Crippen molar-refractivity contribution in [1.82, 2.24) is 14.7 Å². The highest BCUT2D eigenvalue weighted by Gasteiger charge is 2.37. The van der Waals surface area contributed by atoms with Crippen LogP contribution in [0.1, 0.15) is 6.42 Å². The van der Waals surface area contributed by atoms with Crippen LogP contribution in [0.4, 0.5) is 22.7 Å².